The smallest absolute Gasteiger partial charge is 0.416 e. The summed E-state index contributed by atoms with van der Waals surface area (Å²) in [6.45, 7) is 0.230. The molecule has 0 fully saturated rings. The van der Waals surface area contributed by atoms with Gasteiger partial charge in [0.15, 0.2) is 0 Å². The lowest BCUT2D eigenvalue weighted by Gasteiger charge is -2.27. The van der Waals surface area contributed by atoms with Gasteiger partial charge in [0, 0.05) is 12.1 Å². The van der Waals surface area contributed by atoms with Crippen LogP contribution in [0.25, 0.3) is 0 Å². The first-order chi connectivity index (χ1) is 11.8. The molecular formula is C18H14F3NO3. The lowest BCUT2D eigenvalue weighted by atomic mass is 10.0. The third-order valence-electron chi connectivity index (χ3n) is 4.22. The Morgan fingerprint density at radius 1 is 1.12 bits per heavy atom. The number of carboxylic acids is 1. The Morgan fingerprint density at radius 2 is 1.76 bits per heavy atom. The van der Waals surface area contributed by atoms with Crippen LogP contribution in [-0.4, -0.2) is 21.9 Å². The van der Waals surface area contributed by atoms with Gasteiger partial charge in [-0.05, 0) is 29.3 Å². The number of amides is 1. The summed E-state index contributed by atoms with van der Waals surface area (Å²) in [4.78, 5) is 25.2. The van der Waals surface area contributed by atoms with Gasteiger partial charge in [-0.2, -0.15) is 13.2 Å². The number of carboxylic acid groups (broad SMARTS) is 1. The van der Waals surface area contributed by atoms with Crippen LogP contribution in [0.4, 0.5) is 13.2 Å². The first kappa shape index (κ1) is 17.0. The number of carbonyl (C=O) groups is 2. The van der Waals surface area contributed by atoms with Crippen molar-refractivity contribution in [1.82, 2.24) is 4.90 Å². The summed E-state index contributed by atoms with van der Waals surface area (Å²) < 4.78 is 38.1. The first-order valence-corrected chi connectivity index (χ1v) is 7.55. The zero-order chi connectivity index (χ0) is 18.2. The zero-order valence-electron chi connectivity index (χ0n) is 13.0. The van der Waals surface area contributed by atoms with Crippen molar-refractivity contribution in [2.45, 2.75) is 25.2 Å². The first-order valence-electron chi connectivity index (χ1n) is 7.55. The molecule has 0 unspecified atom stereocenters. The van der Waals surface area contributed by atoms with Crippen LogP contribution in [0.5, 0.6) is 0 Å². The SMILES string of the molecule is O=C(O)C[C@@H](c1ccc(C(F)(F)F)cc1)N1Cc2ccccc2C1=O. The van der Waals surface area contributed by atoms with E-state index in [4.69, 9.17) is 0 Å². The van der Waals surface area contributed by atoms with Crippen LogP contribution in [0.15, 0.2) is 48.5 Å². The molecule has 0 spiro atoms. The molecule has 7 heteroatoms. The zero-order valence-corrected chi connectivity index (χ0v) is 13.0. The number of nitrogens with zero attached hydrogens (tertiary/aromatic N) is 1. The lowest BCUT2D eigenvalue weighted by Crippen LogP contribution is -2.31. The molecule has 0 saturated heterocycles. The fourth-order valence-corrected chi connectivity index (χ4v) is 3.00. The molecule has 1 aliphatic heterocycles. The van der Waals surface area contributed by atoms with Crippen LogP contribution in [-0.2, 0) is 17.5 Å². The number of benzene rings is 2. The largest absolute Gasteiger partial charge is 0.481 e. The number of fused-ring (bicyclic) bond motifs is 1. The Morgan fingerprint density at radius 3 is 2.32 bits per heavy atom. The molecule has 1 heterocycles. The molecular weight excluding hydrogens is 335 g/mol. The van der Waals surface area contributed by atoms with E-state index >= 15 is 0 Å². The molecule has 3 rings (SSSR count). The average Bonchev–Trinajstić information content (AvgIpc) is 2.89. The van der Waals surface area contributed by atoms with Gasteiger partial charge in [-0.1, -0.05) is 30.3 Å². The number of rotatable bonds is 4. The van der Waals surface area contributed by atoms with E-state index in [9.17, 15) is 27.9 Å². The molecule has 2 aromatic rings. The minimum Gasteiger partial charge on any atom is -0.481 e. The number of carbonyl (C=O) groups excluding carboxylic acids is 1. The van der Waals surface area contributed by atoms with Gasteiger partial charge in [0.05, 0.1) is 18.0 Å². The highest BCUT2D eigenvalue weighted by atomic mass is 19.4. The van der Waals surface area contributed by atoms with Crippen molar-refractivity contribution in [3.63, 3.8) is 0 Å². The van der Waals surface area contributed by atoms with Crippen molar-refractivity contribution in [2.75, 3.05) is 0 Å². The third-order valence-corrected chi connectivity index (χ3v) is 4.22. The van der Waals surface area contributed by atoms with Crippen molar-refractivity contribution in [3.05, 3.63) is 70.8 Å². The van der Waals surface area contributed by atoms with Crippen molar-refractivity contribution < 1.29 is 27.9 Å². The molecule has 0 aromatic heterocycles. The van der Waals surface area contributed by atoms with Gasteiger partial charge in [-0.3, -0.25) is 9.59 Å². The van der Waals surface area contributed by atoms with Gasteiger partial charge >= 0.3 is 12.1 Å². The molecule has 0 saturated carbocycles. The van der Waals surface area contributed by atoms with E-state index in [0.29, 0.717) is 11.1 Å². The molecule has 0 radical (unpaired) electrons. The van der Waals surface area contributed by atoms with E-state index in [1.54, 1.807) is 24.3 Å². The van der Waals surface area contributed by atoms with E-state index in [1.165, 1.54) is 17.0 Å². The molecule has 130 valence electrons. The number of hydrogen-bond acceptors (Lipinski definition) is 2. The summed E-state index contributed by atoms with van der Waals surface area (Å²) in [5.41, 5.74) is 0.803. The highest BCUT2D eigenvalue weighted by Crippen LogP contribution is 2.35. The predicted molar refractivity (Wildman–Crippen MR) is 82.8 cm³/mol. The van der Waals surface area contributed by atoms with Crippen LogP contribution in [0.1, 0.15) is 39.5 Å². The summed E-state index contributed by atoms with van der Waals surface area (Å²) in [5.74, 6) is -1.45. The third kappa shape index (κ3) is 3.35. The van der Waals surface area contributed by atoms with Crippen molar-refractivity contribution in [2.24, 2.45) is 0 Å². The summed E-state index contributed by atoms with van der Waals surface area (Å²) in [6, 6.07) is 10.3. The number of aliphatic carboxylic acids is 1. The van der Waals surface area contributed by atoms with Crippen LogP contribution in [0, 0.1) is 0 Å². The second-order valence-corrected chi connectivity index (χ2v) is 5.82. The van der Waals surface area contributed by atoms with Gasteiger partial charge in [-0.15, -0.1) is 0 Å². The molecule has 1 N–H and O–H groups in total. The lowest BCUT2D eigenvalue weighted by molar-refractivity contribution is -0.139. The maximum absolute atomic E-state index is 12.7. The van der Waals surface area contributed by atoms with E-state index < -0.39 is 23.8 Å². The predicted octanol–water partition coefficient (Wildman–Crippen LogP) is 3.88. The van der Waals surface area contributed by atoms with Crippen molar-refractivity contribution in [3.8, 4) is 0 Å². The standard InChI is InChI=1S/C18H14F3NO3/c19-18(20,21)13-7-5-11(6-8-13)15(9-16(23)24)22-10-12-3-1-2-4-14(12)17(22)25/h1-8,15H,9-10H2,(H,23,24)/t15-/m0/s1. The van der Waals surface area contributed by atoms with Gasteiger partial charge < -0.3 is 10.0 Å². The van der Waals surface area contributed by atoms with Gasteiger partial charge in [0.1, 0.15) is 0 Å². The maximum atomic E-state index is 12.7. The molecule has 0 bridgehead atoms. The van der Waals surface area contributed by atoms with E-state index in [1.807, 2.05) is 0 Å². The number of halogens is 3. The fraction of sp³-hybridized carbons (Fsp3) is 0.222. The summed E-state index contributed by atoms with van der Waals surface area (Å²) in [6.07, 6.45) is -4.86. The summed E-state index contributed by atoms with van der Waals surface area (Å²) in [5, 5.41) is 9.17. The minimum absolute atomic E-state index is 0.230. The van der Waals surface area contributed by atoms with Gasteiger partial charge in [0.25, 0.3) is 5.91 Å². The Balaban J connectivity index is 1.94. The second kappa shape index (κ2) is 6.23. The van der Waals surface area contributed by atoms with Crippen molar-refractivity contribution >= 4 is 11.9 Å². The van der Waals surface area contributed by atoms with E-state index in [-0.39, 0.29) is 18.9 Å². The molecule has 1 amide bonds. The quantitative estimate of drug-likeness (QED) is 0.911. The molecule has 4 nitrogen and oxygen atoms in total. The Hall–Kier alpha value is -2.83. The summed E-state index contributed by atoms with van der Waals surface area (Å²) >= 11 is 0. The Labute approximate surface area is 141 Å². The summed E-state index contributed by atoms with van der Waals surface area (Å²) in [7, 11) is 0. The van der Waals surface area contributed by atoms with Crippen LogP contribution >= 0.6 is 0 Å². The highest BCUT2D eigenvalue weighted by molar-refractivity contribution is 5.98. The normalized spacial score (nSPS) is 15.2. The Bertz CT molecular complexity index is 815. The molecule has 2 aromatic carbocycles. The van der Waals surface area contributed by atoms with Crippen LogP contribution < -0.4 is 0 Å². The maximum Gasteiger partial charge on any atom is 0.416 e. The average molecular weight is 349 g/mol. The second-order valence-electron chi connectivity index (χ2n) is 5.82. The molecule has 0 aliphatic carbocycles. The highest BCUT2D eigenvalue weighted by Gasteiger charge is 2.35. The minimum atomic E-state index is -4.47. The molecule has 1 atom stereocenters. The van der Waals surface area contributed by atoms with Gasteiger partial charge in [0.2, 0.25) is 0 Å². The van der Waals surface area contributed by atoms with Gasteiger partial charge in [-0.25, -0.2) is 0 Å². The van der Waals surface area contributed by atoms with Crippen LogP contribution in [0.2, 0.25) is 0 Å². The van der Waals surface area contributed by atoms with E-state index in [2.05, 4.69) is 0 Å². The monoisotopic (exact) mass is 349 g/mol. The van der Waals surface area contributed by atoms with Crippen molar-refractivity contribution in [1.29, 1.82) is 0 Å². The molecule has 1 aliphatic rings. The van der Waals surface area contributed by atoms with Crippen LogP contribution in [0.3, 0.4) is 0 Å². The van der Waals surface area contributed by atoms with E-state index in [0.717, 1.165) is 17.7 Å². The topological polar surface area (TPSA) is 57.6 Å². The molecule has 25 heavy (non-hydrogen) atoms. The fourth-order valence-electron chi connectivity index (χ4n) is 3.00. The number of alkyl halides is 3. The number of hydrogen-bond donors (Lipinski definition) is 1. The Kier molecular flexibility index (Phi) is 4.24.